The minimum absolute atomic E-state index is 0.318. The van der Waals surface area contributed by atoms with Gasteiger partial charge in [0.05, 0.1) is 23.2 Å². The second-order valence-corrected chi connectivity index (χ2v) is 6.35. The number of nitrogens with zero attached hydrogens (tertiary/aromatic N) is 1. The van der Waals surface area contributed by atoms with E-state index < -0.39 is 0 Å². The third kappa shape index (κ3) is 1.83. The second kappa shape index (κ2) is 4.31. The zero-order valence-electron chi connectivity index (χ0n) is 8.57. The number of fused-ring (bicyclic) bond motifs is 1. The number of hydrogen-bond acceptors (Lipinski definition) is 3. The Labute approximate surface area is 106 Å². The lowest BCUT2D eigenvalue weighted by molar-refractivity contribution is 0.137. The Hall–Kier alpha value is -0.650. The van der Waals surface area contributed by atoms with E-state index in [9.17, 15) is 0 Å². The smallest absolute Gasteiger partial charge is 0.0704 e. The molecule has 1 aliphatic rings. The number of H-pyrrole nitrogens is 1. The van der Waals surface area contributed by atoms with E-state index in [1.54, 1.807) is 0 Å². The highest BCUT2D eigenvalue weighted by Gasteiger charge is 2.23. The number of hydrogen-bond donors (Lipinski definition) is 1. The van der Waals surface area contributed by atoms with E-state index in [0.29, 0.717) is 5.92 Å². The summed E-state index contributed by atoms with van der Waals surface area (Å²) < 4.78 is 6.86. The van der Waals surface area contributed by atoms with E-state index >= 15 is 0 Å². The number of aromatic nitrogens is 2. The molecule has 2 aromatic rings. The Kier molecular flexibility index (Phi) is 2.83. The van der Waals surface area contributed by atoms with Crippen molar-refractivity contribution in [2.45, 2.75) is 12.3 Å². The van der Waals surface area contributed by atoms with Gasteiger partial charge >= 0.3 is 0 Å². The quantitative estimate of drug-likeness (QED) is 0.879. The van der Waals surface area contributed by atoms with Crippen LogP contribution in [0.1, 0.15) is 21.9 Å². The van der Waals surface area contributed by atoms with Gasteiger partial charge in [0, 0.05) is 23.4 Å². The van der Waals surface area contributed by atoms with Crippen molar-refractivity contribution in [3.63, 3.8) is 0 Å². The van der Waals surface area contributed by atoms with E-state index in [0.717, 1.165) is 19.6 Å². The molecule has 0 saturated heterocycles. The molecule has 1 N–H and O–H groups in total. The van der Waals surface area contributed by atoms with Crippen LogP contribution in [0, 0.1) is 0 Å². The zero-order valence-corrected chi connectivity index (χ0v) is 11.0. The molecule has 0 spiro atoms. The molecule has 84 valence electrons. The third-order valence-corrected chi connectivity index (χ3v) is 4.58. The first-order valence-electron chi connectivity index (χ1n) is 5.19. The molecule has 16 heavy (non-hydrogen) atoms. The highest BCUT2D eigenvalue weighted by Crippen LogP contribution is 2.37. The van der Waals surface area contributed by atoms with Gasteiger partial charge in [-0.15, -0.1) is 11.3 Å². The SMILES string of the molecule is Brc1cc2c(s1)CCOCC2c1cn[nH]c1. The monoisotopic (exact) mass is 298 g/mol. The summed E-state index contributed by atoms with van der Waals surface area (Å²) in [6, 6.07) is 2.21. The van der Waals surface area contributed by atoms with Gasteiger partial charge in [-0.25, -0.2) is 0 Å². The van der Waals surface area contributed by atoms with E-state index in [-0.39, 0.29) is 0 Å². The van der Waals surface area contributed by atoms with Crippen molar-refractivity contribution in [2.75, 3.05) is 13.2 Å². The minimum atomic E-state index is 0.318. The maximum absolute atomic E-state index is 5.66. The zero-order chi connectivity index (χ0) is 11.0. The fourth-order valence-corrected chi connectivity index (χ4v) is 3.84. The number of nitrogens with one attached hydrogen (secondary N) is 1. The number of ether oxygens (including phenoxy) is 1. The van der Waals surface area contributed by atoms with Crippen molar-refractivity contribution in [1.29, 1.82) is 0 Å². The Morgan fingerprint density at radius 3 is 3.31 bits per heavy atom. The summed E-state index contributed by atoms with van der Waals surface area (Å²) in [6.07, 6.45) is 4.85. The first-order chi connectivity index (χ1) is 7.84. The van der Waals surface area contributed by atoms with Crippen LogP contribution in [0.2, 0.25) is 0 Å². The topological polar surface area (TPSA) is 37.9 Å². The van der Waals surface area contributed by atoms with Gasteiger partial charge in [-0.2, -0.15) is 5.10 Å². The molecule has 0 radical (unpaired) electrons. The molecule has 2 aromatic heterocycles. The van der Waals surface area contributed by atoms with Crippen LogP contribution in [0.25, 0.3) is 0 Å². The fraction of sp³-hybridized carbons (Fsp3) is 0.364. The van der Waals surface area contributed by atoms with Crippen molar-refractivity contribution in [3.05, 3.63) is 38.3 Å². The molecule has 3 rings (SSSR count). The Morgan fingerprint density at radius 2 is 2.50 bits per heavy atom. The van der Waals surface area contributed by atoms with E-state index in [1.807, 2.05) is 23.7 Å². The van der Waals surface area contributed by atoms with E-state index in [2.05, 4.69) is 32.2 Å². The van der Waals surface area contributed by atoms with Crippen LogP contribution in [0.5, 0.6) is 0 Å². The standard InChI is InChI=1S/C11H11BrN2OS/c12-11-3-8-9(7-4-13-14-5-7)6-15-2-1-10(8)16-11/h3-5,9H,1-2,6H2,(H,13,14). The summed E-state index contributed by atoms with van der Waals surface area (Å²) in [5.41, 5.74) is 2.59. The van der Waals surface area contributed by atoms with Crippen molar-refractivity contribution in [1.82, 2.24) is 10.2 Å². The fourth-order valence-electron chi connectivity index (χ4n) is 2.08. The average Bonchev–Trinajstić information content (AvgIpc) is 2.86. The van der Waals surface area contributed by atoms with Gasteiger partial charge in [-0.3, -0.25) is 5.10 Å². The van der Waals surface area contributed by atoms with Gasteiger partial charge in [0.25, 0.3) is 0 Å². The first kappa shape index (κ1) is 10.5. The van der Waals surface area contributed by atoms with Crippen LogP contribution < -0.4 is 0 Å². The summed E-state index contributed by atoms with van der Waals surface area (Å²) in [4.78, 5) is 1.43. The van der Waals surface area contributed by atoms with Crippen LogP contribution in [-0.4, -0.2) is 23.4 Å². The molecule has 3 nitrogen and oxygen atoms in total. The summed E-state index contributed by atoms with van der Waals surface area (Å²) in [5, 5.41) is 6.89. The van der Waals surface area contributed by atoms with Crippen LogP contribution in [0.3, 0.4) is 0 Å². The van der Waals surface area contributed by atoms with E-state index in [1.165, 1.54) is 19.8 Å². The van der Waals surface area contributed by atoms with Gasteiger partial charge in [-0.05, 0) is 33.1 Å². The molecule has 0 saturated carbocycles. The lowest BCUT2D eigenvalue weighted by atomic mass is 9.95. The third-order valence-electron chi connectivity index (χ3n) is 2.87. The van der Waals surface area contributed by atoms with Gasteiger partial charge in [0.15, 0.2) is 0 Å². The minimum Gasteiger partial charge on any atom is -0.380 e. The lowest BCUT2D eigenvalue weighted by Crippen LogP contribution is -2.06. The van der Waals surface area contributed by atoms with Crippen LogP contribution in [-0.2, 0) is 11.2 Å². The van der Waals surface area contributed by atoms with Crippen LogP contribution >= 0.6 is 27.3 Å². The average molecular weight is 299 g/mol. The maximum atomic E-state index is 5.66. The highest BCUT2D eigenvalue weighted by molar-refractivity contribution is 9.11. The Balaban J connectivity index is 2.05. The number of thiophene rings is 1. The molecular weight excluding hydrogens is 288 g/mol. The summed E-state index contributed by atoms with van der Waals surface area (Å²) in [7, 11) is 0. The normalized spacial score (nSPS) is 20.4. The van der Waals surface area contributed by atoms with Gasteiger partial charge in [-0.1, -0.05) is 0 Å². The van der Waals surface area contributed by atoms with Crippen molar-refractivity contribution in [2.24, 2.45) is 0 Å². The highest BCUT2D eigenvalue weighted by atomic mass is 79.9. The molecule has 0 amide bonds. The molecule has 5 heteroatoms. The second-order valence-electron chi connectivity index (χ2n) is 3.84. The number of aromatic amines is 1. The molecule has 0 bridgehead atoms. The molecule has 0 fully saturated rings. The van der Waals surface area contributed by atoms with Crippen LogP contribution in [0.15, 0.2) is 22.2 Å². The molecule has 1 aliphatic heterocycles. The number of halogens is 1. The molecule has 0 aromatic carbocycles. The molecule has 0 aliphatic carbocycles. The van der Waals surface area contributed by atoms with Gasteiger partial charge in [0.2, 0.25) is 0 Å². The van der Waals surface area contributed by atoms with Crippen molar-refractivity contribution in [3.8, 4) is 0 Å². The number of rotatable bonds is 1. The Morgan fingerprint density at radius 1 is 1.56 bits per heavy atom. The molecular formula is C11H11BrN2OS. The Bertz CT molecular complexity index is 480. The first-order valence-corrected chi connectivity index (χ1v) is 6.80. The van der Waals surface area contributed by atoms with E-state index in [4.69, 9.17) is 4.74 Å². The van der Waals surface area contributed by atoms with Crippen molar-refractivity contribution < 1.29 is 4.74 Å². The predicted molar refractivity (Wildman–Crippen MR) is 67.0 cm³/mol. The van der Waals surface area contributed by atoms with Gasteiger partial charge < -0.3 is 4.74 Å². The van der Waals surface area contributed by atoms with Crippen LogP contribution in [0.4, 0.5) is 0 Å². The van der Waals surface area contributed by atoms with Gasteiger partial charge in [0.1, 0.15) is 0 Å². The maximum Gasteiger partial charge on any atom is 0.0704 e. The molecule has 1 atom stereocenters. The van der Waals surface area contributed by atoms with Crippen molar-refractivity contribution >= 4 is 27.3 Å². The molecule has 1 unspecified atom stereocenters. The molecule has 3 heterocycles. The summed E-state index contributed by atoms with van der Waals surface area (Å²) >= 11 is 5.37. The summed E-state index contributed by atoms with van der Waals surface area (Å²) in [5.74, 6) is 0.318. The lowest BCUT2D eigenvalue weighted by Gasteiger charge is -2.12. The predicted octanol–water partition coefficient (Wildman–Crippen LogP) is 2.94. The summed E-state index contributed by atoms with van der Waals surface area (Å²) in [6.45, 7) is 1.56. The largest absolute Gasteiger partial charge is 0.380 e.